The molecule has 1 aromatic heterocycles. The smallest absolute Gasteiger partial charge is 0.140 e. The van der Waals surface area contributed by atoms with Crippen LogP contribution in [-0.2, 0) is 0 Å². The molecule has 0 unspecified atom stereocenters. The van der Waals surface area contributed by atoms with Crippen molar-refractivity contribution in [1.29, 1.82) is 0 Å². The quantitative estimate of drug-likeness (QED) is 0.336. The highest BCUT2D eigenvalue weighted by Gasteiger charge is 2.19. The average Bonchev–Trinajstić information content (AvgIpc) is 3.04. The van der Waals surface area contributed by atoms with Gasteiger partial charge in [-0.2, -0.15) is 0 Å². The summed E-state index contributed by atoms with van der Waals surface area (Å²) in [5.74, 6) is 0.687. The SMILES string of the molecule is COc1cc(Cl)c2c(c1)oc1cc3ccccc3c(-c3ccccc3)c12. The molecule has 5 aromatic rings. The van der Waals surface area contributed by atoms with Crippen LogP contribution in [0.3, 0.4) is 0 Å². The number of ether oxygens (including phenoxy) is 1. The number of hydrogen-bond acceptors (Lipinski definition) is 2. The van der Waals surface area contributed by atoms with Crippen LogP contribution in [0.4, 0.5) is 0 Å². The van der Waals surface area contributed by atoms with E-state index in [1.807, 2.05) is 24.3 Å². The van der Waals surface area contributed by atoms with E-state index < -0.39 is 0 Å². The summed E-state index contributed by atoms with van der Waals surface area (Å²) in [6.45, 7) is 0. The lowest BCUT2D eigenvalue weighted by atomic mass is 9.93. The van der Waals surface area contributed by atoms with Crippen molar-refractivity contribution in [2.24, 2.45) is 0 Å². The molecule has 2 nitrogen and oxygen atoms in total. The number of furan rings is 1. The molecule has 26 heavy (non-hydrogen) atoms. The number of rotatable bonds is 2. The Kier molecular flexibility index (Phi) is 3.41. The van der Waals surface area contributed by atoms with E-state index in [4.69, 9.17) is 20.8 Å². The zero-order valence-corrected chi connectivity index (χ0v) is 14.9. The van der Waals surface area contributed by atoms with Gasteiger partial charge < -0.3 is 9.15 Å². The molecule has 1 heterocycles. The summed E-state index contributed by atoms with van der Waals surface area (Å²) < 4.78 is 11.5. The van der Waals surface area contributed by atoms with E-state index in [1.165, 1.54) is 5.39 Å². The number of methoxy groups -OCH3 is 1. The van der Waals surface area contributed by atoms with E-state index in [9.17, 15) is 0 Å². The molecule has 0 radical (unpaired) electrons. The van der Waals surface area contributed by atoms with Crippen molar-refractivity contribution in [3.8, 4) is 16.9 Å². The van der Waals surface area contributed by atoms with Gasteiger partial charge in [0, 0.05) is 22.4 Å². The Bertz CT molecular complexity index is 1270. The van der Waals surface area contributed by atoms with Gasteiger partial charge >= 0.3 is 0 Å². The van der Waals surface area contributed by atoms with Gasteiger partial charge in [-0.1, -0.05) is 66.2 Å². The van der Waals surface area contributed by atoms with E-state index in [0.29, 0.717) is 10.8 Å². The molecule has 126 valence electrons. The molecule has 0 saturated heterocycles. The zero-order valence-electron chi connectivity index (χ0n) is 14.1. The van der Waals surface area contributed by atoms with E-state index >= 15 is 0 Å². The van der Waals surface area contributed by atoms with Crippen molar-refractivity contribution in [3.05, 3.63) is 77.8 Å². The van der Waals surface area contributed by atoms with Crippen molar-refractivity contribution in [2.75, 3.05) is 7.11 Å². The summed E-state index contributed by atoms with van der Waals surface area (Å²) in [5, 5.41) is 4.91. The second kappa shape index (κ2) is 5.79. The van der Waals surface area contributed by atoms with Gasteiger partial charge in [-0.25, -0.2) is 0 Å². The Morgan fingerprint density at radius 1 is 0.808 bits per heavy atom. The second-order valence-corrected chi connectivity index (χ2v) is 6.70. The molecule has 3 heteroatoms. The minimum Gasteiger partial charge on any atom is -0.497 e. The molecule has 0 amide bonds. The lowest BCUT2D eigenvalue weighted by Crippen LogP contribution is -1.85. The van der Waals surface area contributed by atoms with Gasteiger partial charge in [0.2, 0.25) is 0 Å². The van der Waals surface area contributed by atoms with E-state index in [2.05, 4.69) is 48.5 Å². The zero-order chi connectivity index (χ0) is 17.7. The third-order valence-electron chi connectivity index (χ3n) is 4.81. The van der Waals surface area contributed by atoms with Crippen molar-refractivity contribution in [3.63, 3.8) is 0 Å². The third kappa shape index (κ3) is 2.19. The fraction of sp³-hybridized carbons (Fsp3) is 0.0435. The summed E-state index contributed by atoms with van der Waals surface area (Å²) in [5.41, 5.74) is 3.85. The van der Waals surface area contributed by atoms with Crippen LogP contribution in [0.25, 0.3) is 43.8 Å². The topological polar surface area (TPSA) is 22.4 Å². The molecule has 0 aliphatic rings. The number of benzene rings is 4. The highest BCUT2D eigenvalue weighted by Crippen LogP contribution is 2.44. The van der Waals surface area contributed by atoms with Crippen molar-refractivity contribution in [1.82, 2.24) is 0 Å². The van der Waals surface area contributed by atoms with Crippen molar-refractivity contribution >= 4 is 44.3 Å². The van der Waals surface area contributed by atoms with Crippen LogP contribution in [0.15, 0.2) is 77.2 Å². The molecule has 0 spiro atoms. The van der Waals surface area contributed by atoms with Gasteiger partial charge in [-0.3, -0.25) is 0 Å². The molecular weight excluding hydrogens is 344 g/mol. The van der Waals surface area contributed by atoms with Gasteiger partial charge in [0.1, 0.15) is 16.9 Å². The van der Waals surface area contributed by atoms with Crippen LogP contribution in [0, 0.1) is 0 Å². The maximum Gasteiger partial charge on any atom is 0.140 e. The lowest BCUT2D eigenvalue weighted by Gasteiger charge is -2.09. The molecule has 0 fully saturated rings. The molecule has 4 aromatic carbocycles. The maximum absolute atomic E-state index is 6.63. The van der Waals surface area contributed by atoms with Crippen LogP contribution in [-0.4, -0.2) is 7.11 Å². The average molecular weight is 359 g/mol. The first-order valence-corrected chi connectivity index (χ1v) is 8.81. The number of fused-ring (bicyclic) bond motifs is 4. The lowest BCUT2D eigenvalue weighted by molar-refractivity contribution is 0.414. The summed E-state index contributed by atoms with van der Waals surface area (Å²) in [6.07, 6.45) is 0. The van der Waals surface area contributed by atoms with Gasteiger partial charge in [-0.15, -0.1) is 0 Å². The fourth-order valence-electron chi connectivity index (χ4n) is 3.67. The Balaban J connectivity index is 2.05. The first kappa shape index (κ1) is 15.3. The van der Waals surface area contributed by atoms with Gasteiger partial charge in [-0.05, 0) is 28.5 Å². The largest absolute Gasteiger partial charge is 0.497 e. The molecule has 0 saturated carbocycles. The highest BCUT2D eigenvalue weighted by molar-refractivity contribution is 6.39. The van der Waals surface area contributed by atoms with Crippen LogP contribution >= 0.6 is 11.6 Å². The second-order valence-electron chi connectivity index (χ2n) is 6.30. The fourth-order valence-corrected chi connectivity index (χ4v) is 3.97. The highest BCUT2D eigenvalue weighted by atomic mass is 35.5. The van der Waals surface area contributed by atoms with Crippen molar-refractivity contribution in [2.45, 2.75) is 0 Å². The standard InChI is InChI=1S/C23H15ClO2/c1-25-16-12-18(24)22-20(13-16)26-19-11-15-9-5-6-10-17(15)21(23(19)22)14-7-3-2-4-8-14/h2-13H,1H3. The van der Waals surface area contributed by atoms with E-state index in [-0.39, 0.29) is 0 Å². The monoisotopic (exact) mass is 358 g/mol. The maximum atomic E-state index is 6.63. The normalized spacial score (nSPS) is 11.5. The van der Waals surface area contributed by atoms with Crippen LogP contribution in [0.1, 0.15) is 0 Å². The minimum absolute atomic E-state index is 0.630. The van der Waals surface area contributed by atoms with Crippen LogP contribution in [0.5, 0.6) is 5.75 Å². The van der Waals surface area contributed by atoms with Gasteiger partial charge in [0.15, 0.2) is 0 Å². The number of halogens is 1. The predicted molar refractivity (Wildman–Crippen MR) is 108 cm³/mol. The molecule has 5 rings (SSSR count). The Hall–Kier alpha value is -2.97. The first-order valence-electron chi connectivity index (χ1n) is 8.43. The van der Waals surface area contributed by atoms with Gasteiger partial charge in [0.25, 0.3) is 0 Å². The predicted octanol–water partition coefficient (Wildman–Crippen LogP) is 7.07. The summed E-state index contributed by atoms with van der Waals surface area (Å²) in [4.78, 5) is 0. The van der Waals surface area contributed by atoms with Gasteiger partial charge in [0.05, 0.1) is 12.1 Å². The summed E-state index contributed by atoms with van der Waals surface area (Å²) in [7, 11) is 1.63. The van der Waals surface area contributed by atoms with E-state index in [0.717, 1.165) is 38.5 Å². The Morgan fingerprint density at radius 2 is 1.54 bits per heavy atom. The van der Waals surface area contributed by atoms with Crippen molar-refractivity contribution < 1.29 is 9.15 Å². The Morgan fingerprint density at radius 3 is 2.35 bits per heavy atom. The Labute approximate surface area is 155 Å². The minimum atomic E-state index is 0.630. The van der Waals surface area contributed by atoms with E-state index in [1.54, 1.807) is 7.11 Å². The first-order chi connectivity index (χ1) is 12.8. The van der Waals surface area contributed by atoms with Crippen LogP contribution < -0.4 is 4.74 Å². The molecule has 0 bridgehead atoms. The summed E-state index contributed by atoms with van der Waals surface area (Å²) >= 11 is 6.63. The molecular formula is C23H15ClO2. The molecule has 0 N–H and O–H groups in total. The third-order valence-corrected chi connectivity index (χ3v) is 5.11. The number of hydrogen-bond donors (Lipinski definition) is 0. The molecule has 0 aliphatic heterocycles. The molecule has 0 atom stereocenters. The summed E-state index contributed by atoms with van der Waals surface area (Å²) in [6, 6.07) is 24.5. The molecule has 0 aliphatic carbocycles. The van der Waals surface area contributed by atoms with Crippen LogP contribution in [0.2, 0.25) is 5.02 Å².